The summed E-state index contributed by atoms with van der Waals surface area (Å²) in [4.78, 5) is 15.6. The van der Waals surface area contributed by atoms with E-state index in [-0.39, 0.29) is 5.78 Å². The molecule has 2 heterocycles. The van der Waals surface area contributed by atoms with Crippen LogP contribution in [0.5, 0.6) is 0 Å². The summed E-state index contributed by atoms with van der Waals surface area (Å²) in [5.41, 5.74) is 1.42. The van der Waals surface area contributed by atoms with Crippen LogP contribution in [0, 0.1) is 6.92 Å². The van der Waals surface area contributed by atoms with Crippen LogP contribution in [0.15, 0.2) is 6.33 Å². The summed E-state index contributed by atoms with van der Waals surface area (Å²) in [5, 5.41) is 8.07. The molecule has 0 aliphatic rings. The topological polar surface area (TPSA) is 72.7 Å². The molecule has 2 aromatic heterocycles. The van der Waals surface area contributed by atoms with Crippen LogP contribution in [0.4, 0.5) is 5.00 Å². The van der Waals surface area contributed by atoms with Crippen LogP contribution >= 0.6 is 11.5 Å². The molecule has 0 amide bonds. The van der Waals surface area contributed by atoms with Crippen molar-refractivity contribution in [3.05, 3.63) is 23.4 Å². The van der Waals surface area contributed by atoms with Crippen LogP contribution in [0.2, 0.25) is 0 Å². The van der Waals surface area contributed by atoms with E-state index >= 15 is 0 Å². The first kappa shape index (κ1) is 11.7. The molecule has 2 aromatic rings. The zero-order chi connectivity index (χ0) is 12.4. The van der Waals surface area contributed by atoms with Gasteiger partial charge >= 0.3 is 0 Å². The molecule has 0 unspecified atom stereocenters. The number of hydrogen-bond acceptors (Lipinski definition) is 6. The number of Topliss-reactive ketones (excluding diaryl/α,β-unsaturated/α-hetero) is 1. The van der Waals surface area contributed by atoms with Gasteiger partial charge in [0.15, 0.2) is 11.6 Å². The summed E-state index contributed by atoms with van der Waals surface area (Å²) in [6, 6.07) is 0. The molecule has 0 aliphatic carbocycles. The zero-order valence-corrected chi connectivity index (χ0v) is 10.7. The Balaban J connectivity index is 2.11. The summed E-state index contributed by atoms with van der Waals surface area (Å²) in [5.74, 6) is 0.709. The van der Waals surface area contributed by atoms with Crippen molar-refractivity contribution in [2.24, 2.45) is 7.05 Å². The van der Waals surface area contributed by atoms with E-state index in [2.05, 4.69) is 19.8 Å². The van der Waals surface area contributed by atoms with Crippen molar-refractivity contribution in [3.8, 4) is 0 Å². The van der Waals surface area contributed by atoms with Gasteiger partial charge in [-0.05, 0) is 25.4 Å². The molecule has 17 heavy (non-hydrogen) atoms. The van der Waals surface area contributed by atoms with E-state index in [1.165, 1.54) is 11.5 Å². The minimum Gasteiger partial charge on any atom is -0.368 e. The van der Waals surface area contributed by atoms with E-state index in [0.717, 1.165) is 10.7 Å². The van der Waals surface area contributed by atoms with Gasteiger partial charge in [0.1, 0.15) is 11.3 Å². The van der Waals surface area contributed by atoms with Crippen molar-refractivity contribution in [3.63, 3.8) is 0 Å². The quantitative estimate of drug-likeness (QED) is 0.831. The first-order valence-corrected chi connectivity index (χ1v) is 5.91. The Bertz CT molecular complexity index is 545. The van der Waals surface area contributed by atoms with E-state index in [0.29, 0.717) is 17.9 Å². The molecule has 1 N–H and O–H groups in total. The first-order chi connectivity index (χ1) is 8.08. The molecule has 0 saturated heterocycles. The lowest BCUT2D eigenvalue weighted by molar-refractivity contribution is 0.101. The van der Waals surface area contributed by atoms with Crippen LogP contribution < -0.4 is 5.32 Å². The smallest absolute Gasteiger partial charge is 0.169 e. The molecule has 0 spiro atoms. The number of ketones is 1. The van der Waals surface area contributed by atoms with Gasteiger partial charge in [-0.15, -0.1) is 0 Å². The third kappa shape index (κ3) is 2.50. The van der Waals surface area contributed by atoms with Crippen molar-refractivity contribution in [2.45, 2.75) is 20.4 Å². The van der Waals surface area contributed by atoms with E-state index in [9.17, 15) is 4.79 Å². The van der Waals surface area contributed by atoms with Gasteiger partial charge in [0.2, 0.25) is 0 Å². The van der Waals surface area contributed by atoms with E-state index in [4.69, 9.17) is 0 Å². The average molecular weight is 251 g/mol. The Kier molecular flexibility index (Phi) is 3.19. The summed E-state index contributed by atoms with van der Waals surface area (Å²) in [7, 11) is 1.81. The molecule has 0 saturated carbocycles. The second-order valence-corrected chi connectivity index (χ2v) is 4.49. The zero-order valence-electron chi connectivity index (χ0n) is 9.89. The highest BCUT2D eigenvalue weighted by Gasteiger charge is 2.14. The molecule has 7 heteroatoms. The van der Waals surface area contributed by atoms with Gasteiger partial charge < -0.3 is 5.32 Å². The Labute approximate surface area is 103 Å². The van der Waals surface area contributed by atoms with Crippen molar-refractivity contribution in [1.82, 2.24) is 19.1 Å². The van der Waals surface area contributed by atoms with Crippen molar-refractivity contribution in [1.29, 1.82) is 0 Å². The fourth-order valence-electron chi connectivity index (χ4n) is 1.53. The van der Waals surface area contributed by atoms with Crippen molar-refractivity contribution >= 4 is 22.3 Å². The lowest BCUT2D eigenvalue weighted by Crippen LogP contribution is -2.05. The van der Waals surface area contributed by atoms with Gasteiger partial charge in [-0.1, -0.05) is 0 Å². The Morgan fingerprint density at radius 1 is 1.59 bits per heavy atom. The van der Waals surface area contributed by atoms with Gasteiger partial charge in [-0.25, -0.2) is 4.98 Å². The fourth-order valence-corrected chi connectivity index (χ4v) is 2.37. The summed E-state index contributed by atoms with van der Waals surface area (Å²) in [6.45, 7) is 3.86. The molecule has 90 valence electrons. The number of aromatic nitrogens is 4. The molecular formula is C10H13N5OS. The molecule has 0 bridgehead atoms. The maximum atomic E-state index is 11.5. The van der Waals surface area contributed by atoms with E-state index < -0.39 is 0 Å². The Morgan fingerprint density at radius 3 is 2.94 bits per heavy atom. The fraction of sp³-hybridized carbons (Fsp3) is 0.400. The average Bonchev–Trinajstić information content (AvgIpc) is 2.82. The molecule has 0 radical (unpaired) electrons. The Morgan fingerprint density at radius 2 is 2.35 bits per heavy atom. The number of nitrogens with zero attached hydrogens (tertiary/aromatic N) is 4. The molecular weight excluding hydrogens is 238 g/mol. The maximum Gasteiger partial charge on any atom is 0.169 e. The minimum absolute atomic E-state index is 0.0210. The lowest BCUT2D eigenvalue weighted by atomic mass is 10.2. The molecule has 0 aliphatic heterocycles. The predicted molar refractivity (Wildman–Crippen MR) is 65.2 cm³/mol. The lowest BCUT2D eigenvalue weighted by Gasteiger charge is -2.02. The van der Waals surface area contributed by atoms with Gasteiger partial charge in [-0.3, -0.25) is 9.48 Å². The van der Waals surface area contributed by atoms with Crippen molar-refractivity contribution in [2.75, 3.05) is 5.32 Å². The minimum atomic E-state index is 0.0210. The molecule has 0 atom stereocenters. The maximum absolute atomic E-state index is 11.5. The largest absolute Gasteiger partial charge is 0.368 e. The Hall–Kier alpha value is -1.76. The number of aryl methyl sites for hydroxylation is 2. The molecule has 2 rings (SSSR count). The normalized spacial score (nSPS) is 10.5. The number of rotatable bonds is 4. The second kappa shape index (κ2) is 4.62. The molecule has 0 fully saturated rings. The highest BCUT2D eigenvalue weighted by Crippen LogP contribution is 2.25. The highest BCUT2D eigenvalue weighted by molar-refractivity contribution is 7.10. The third-order valence-corrected chi connectivity index (χ3v) is 3.17. The number of anilines is 1. The SMILES string of the molecule is CC(=O)c1c(C)nsc1NCc1ncn(C)n1. The van der Waals surface area contributed by atoms with Gasteiger partial charge in [0.05, 0.1) is 17.8 Å². The monoisotopic (exact) mass is 251 g/mol. The number of nitrogens with one attached hydrogen (secondary N) is 1. The second-order valence-electron chi connectivity index (χ2n) is 3.72. The van der Waals surface area contributed by atoms with Gasteiger partial charge in [-0.2, -0.15) is 9.47 Å². The van der Waals surface area contributed by atoms with Crippen LogP contribution in [-0.4, -0.2) is 24.9 Å². The summed E-state index contributed by atoms with van der Waals surface area (Å²) < 4.78 is 5.81. The van der Waals surface area contributed by atoms with Crippen LogP contribution in [0.3, 0.4) is 0 Å². The highest BCUT2D eigenvalue weighted by atomic mass is 32.1. The van der Waals surface area contributed by atoms with Gasteiger partial charge in [0.25, 0.3) is 0 Å². The predicted octanol–water partition coefficient (Wildman–Crippen LogP) is 1.39. The van der Waals surface area contributed by atoms with E-state index in [1.807, 2.05) is 14.0 Å². The standard InChI is InChI=1S/C10H13N5OS/c1-6-9(7(2)16)10(17-14-6)11-4-8-12-5-15(3)13-8/h5,11H,4H2,1-3H3. The molecule has 0 aromatic carbocycles. The number of hydrogen-bond donors (Lipinski definition) is 1. The van der Waals surface area contributed by atoms with Crippen LogP contribution in [0.1, 0.15) is 28.8 Å². The third-order valence-electron chi connectivity index (χ3n) is 2.27. The number of carbonyl (C=O) groups is 1. The van der Waals surface area contributed by atoms with Crippen LogP contribution in [0.25, 0.3) is 0 Å². The van der Waals surface area contributed by atoms with Gasteiger partial charge in [0, 0.05) is 7.05 Å². The van der Waals surface area contributed by atoms with Crippen molar-refractivity contribution < 1.29 is 4.79 Å². The summed E-state index contributed by atoms with van der Waals surface area (Å²) in [6.07, 6.45) is 1.64. The summed E-state index contributed by atoms with van der Waals surface area (Å²) >= 11 is 1.29. The van der Waals surface area contributed by atoms with Crippen LogP contribution in [-0.2, 0) is 13.6 Å². The molecule has 6 nitrogen and oxygen atoms in total. The van der Waals surface area contributed by atoms with E-state index in [1.54, 1.807) is 17.9 Å². The first-order valence-electron chi connectivity index (χ1n) is 5.13. The number of carbonyl (C=O) groups excluding carboxylic acids is 1.